The summed E-state index contributed by atoms with van der Waals surface area (Å²) >= 11 is 3.54. The van der Waals surface area contributed by atoms with Crippen molar-refractivity contribution in [1.82, 2.24) is 0 Å². The van der Waals surface area contributed by atoms with Crippen LogP contribution in [0.4, 0.5) is 0 Å². The molecule has 0 radical (unpaired) electrons. The van der Waals surface area contributed by atoms with Gasteiger partial charge in [-0.15, -0.1) is 0 Å². The van der Waals surface area contributed by atoms with Crippen molar-refractivity contribution in [3.05, 3.63) is 178 Å². The highest BCUT2D eigenvalue weighted by atomic mass is 79.9. The first-order valence-electron chi connectivity index (χ1n) is 14.2. The van der Waals surface area contributed by atoms with Crippen LogP contribution in [-0.2, 0) is 6.61 Å². The number of benzene rings is 6. The Balaban J connectivity index is 1.14. The van der Waals surface area contributed by atoms with E-state index in [1.165, 1.54) is 50.1 Å². The maximum Gasteiger partial charge on any atom is 0.119 e. The molecule has 0 aromatic heterocycles. The van der Waals surface area contributed by atoms with Gasteiger partial charge in [0.1, 0.15) is 12.4 Å². The molecule has 0 heterocycles. The van der Waals surface area contributed by atoms with E-state index < -0.39 is 0 Å². The molecule has 1 aliphatic carbocycles. The third-order valence-electron chi connectivity index (χ3n) is 8.16. The van der Waals surface area contributed by atoms with Gasteiger partial charge in [-0.1, -0.05) is 138 Å². The summed E-state index contributed by atoms with van der Waals surface area (Å²) in [5.41, 5.74) is 13.8. The molecule has 6 aromatic carbocycles. The standard InChI is InChI=1S/C40H29BrO/c1-2-27-7-9-28(10-8-27)26-42-35-22-17-31(18-23-35)33-19-24-38-39(25-33)36-5-3-4-6-37(36)40(38)32-13-11-29(12-14-32)30-15-20-34(41)21-16-30/h2-25,40H,1,26H2. The first-order chi connectivity index (χ1) is 20.7. The van der Waals surface area contributed by atoms with Gasteiger partial charge in [0.25, 0.3) is 0 Å². The van der Waals surface area contributed by atoms with E-state index in [1.807, 2.05) is 6.08 Å². The van der Waals surface area contributed by atoms with E-state index in [0.717, 1.165) is 21.3 Å². The maximum atomic E-state index is 6.05. The normalized spacial score (nSPS) is 13.3. The van der Waals surface area contributed by atoms with Gasteiger partial charge in [-0.2, -0.15) is 0 Å². The number of hydrogen-bond donors (Lipinski definition) is 0. The Morgan fingerprint density at radius 1 is 0.595 bits per heavy atom. The topological polar surface area (TPSA) is 9.23 Å². The summed E-state index contributed by atoms with van der Waals surface area (Å²) in [6.45, 7) is 4.36. The van der Waals surface area contributed by atoms with Gasteiger partial charge in [-0.3, -0.25) is 0 Å². The summed E-state index contributed by atoms with van der Waals surface area (Å²) < 4.78 is 7.15. The number of rotatable bonds is 7. The van der Waals surface area contributed by atoms with Crippen LogP contribution in [0.25, 0.3) is 39.5 Å². The monoisotopic (exact) mass is 604 g/mol. The van der Waals surface area contributed by atoms with E-state index in [-0.39, 0.29) is 5.92 Å². The van der Waals surface area contributed by atoms with Gasteiger partial charge < -0.3 is 4.74 Å². The van der Waals surface area contributed by atoms with Crippen LogP contribution in [-0.4, -0.2) is 0 Å². The first kappa shape index (κ1) is 26.3. The second kappa shape index (κ2) is 11.3. The zero-order chi connectivity index (χ0) is 28.5. The molecule has 0 saturated heterocycles. The largest absolute Gasteiger partial charge is 0.489 e. The molecule has 0 saturated carbocycles. The molecule has 6 aromatic rings. The Kier molecular flexibility index (Phi) is 7.07. The van der Waals surface area contributed by atoms with Crippen LogP contribution < -0.4 is 4.74 Å². The van der Waals surface area contributed by atoms with Crippen molar-refractivity contribution in [2.75, 3.05) is 0 Å². The number of hydrogen-bond acceptors (Lipinski definition) is 1. The van der Waals surface area contributed by atoms with Gasteiger partial charge in [0.05, 0.1) is 0 Å². The molecule has 202 valence electrons. The van der Waals surface area contributed by atoms with Crippen molar-refractivity contribution in [2.24, 2.45) is 0 Å². The first-order valence-corrected chi connectivity index (χ1v) is 15.0. The van der Waals surface area contributed by atoms with E-state index in [4.69, 9.17) is 4.74 Å². The molecule has 1 unspecified atom stereocenters. The average molecular weight is 606 g/mol. The van der Waals surface area contributed by atoms with E-state index in [2.05, 4.69) is 162 Å². The fourth-order valence-corrected chi connectivity index (χ4v) is 6.18. The van der Waals surface area contributed by atoms with Crippen molar-refractivity contribution >= 4 is 22.0 Å². The Morgan fingerprint density at radius 3 is 1.90 bits per heavy atom. The lowest BCUT2D eigenvalue weighted by atomic mass is 9.88. The highest BCUT2D eigenvalue weighted by molar-refractivity contribution is 9.10. The molecule has 0 fully saturated rings. The highest BCUT2D eigenvalue weighted by Gasteiger charge is 2.29. The molecule has 2 heteroatoms. The minimum absolute atomic E-state index is 0.223. The van der Waals surface area contributed by atoms with Crippen LogP contribution in [0.5, 0.6) is 5.75 Å². The lowest BCUT2D eigenvalue weighted by Crippen LogP contribution is -1.99. The second-order valence-electron chi connectivity index (χ2n) is 10.7. The van der Waals surface area contributed by atoms with Crippen LogP contribution in [0.1, 0.15) is 33.7 Å². The van der Waals surface area contributed by atoms with Crippen molar-refractivity contribution in [3.8, 4) is 39.1 Å². The molecule has 0 spiro atoms. The highest BCUT2D eigenvalue weighted by Crippen LogP contribution is 2.49. The van der Waals surface area contributed by atoms with E-state index in [0.29, 0.717) is 6.61 Å². The lowest BCUT2D eigenvalue weighted by molar-refractivity contribution is 0.306. The zero-order valence-electron chi connectivity index (χ0n) is 23.1. The molecule has 0 amide bonds. The van der Waals surface area contributed by atoms with Gasteiger partial charge in [0.2, 0.25) is 0 Å². The minimum Gasteiger partial charge on any atom is -0.489 e. The van der Waals surface area contributed by atoms with Gasteiger partial charge in [0.15, 0.2) is 0 Å². The minimum atomic E-state index is 0.223. The fourth-order valence-electron chi connectivity index (χ4n) is 5.91. The van der Waals surface area contributed by atoms with Crippen molar-refractivity contribution < 1.29 is 4.74 Å². The van der Waals surface area contributed by atoms with Crippen LogP contribution in [0.3, 0.4) is 0 Å². The summed E-state index contributed by atoms with van der Waals surface area (Å²) in [6, 6.07) is 50.0. The van der Waals surface area contributed by atoms with Crippen LogP contribution in [0.15, 0.2) is 151 Å². The number of fused-ring (bicyclic) bond motifs is 3. The Labute approximate surface area is 255 Å². The summed E-state index contributed by atoms with van der Waals surface area (Å²) in [7, 11) is 0. The van der Waals surface area contributed by atoms with E-state index in [1.54, 1.807) is 0 Å². The van der Waals surface area contributed by atoms with Crippen LogP contribution in [0.2, 0.25) is 0 Å². The van der Waals surface area contributed by atoms with Crippen molar-refractivity contribution in [1.29, 1.82) is 0 Å². The third kappa shape index (κ3) is 5.11. The predicted molar refractivity (Wildman–Crippen MR) is 179 cm³/mol. The molecule has 1 atom stereocenters. The van der Waals surface area contributed by atoms with Crippen LogP contribution in [0, 0.1) is 0 Å². The quantitative estimate of drug-likeness (QED) is 0.176. The molecule has 1 nitrogen and oxygen atoms in total. The smallest absolute Gasteiger partial charge is 0.119 e. The van der Waals surface area contributed by atoms with Gasteiger partial charge >= 0.3 is 0 Å². The molecular formula is C40H29BrO. The van der Waals surface area contributed by atoms with Crippen molar-refractivity contribution in [3.63, 3.8) is 0 Å². The fraction of sp³-hybridized carbons (Fsp3) is 0.0500. The van der Waals surface area contributed by atoms with Gasteiger partial charge in [-0.05, 0) is 91.5 Å². The summed E-state index contributed by atoms with van der Waals surface area (Å²) in [6.07, 6.45) is 1.85. The molecular weight excluding hydrogens is 576 g/mol. The van der Waals surface area contributed by atoms with Crippen LogP contribution >= 0.6 is 15.9 Å². The second-order valence-corrected chi connectivity index (χ2v) is 11.6. The number of halogens is 1. The lowest BCUT2D eigenvalue weighted by Gasteiger charge is -2.15. The Hall–Kier alpha value is -4.66. The maximum absolute atomic E-state index is 6.05. The molecule has 0 aliphatic heterocycles. The molecule has 0 bridgehead atoms. The van der Waals surface area contributed by atoms with E-state index >= 15 is 0 Å². The van der Waals surface area contributed by atoms with E-state index in [9.17, 15) is 0 Å². The summed E-state index contributed by atoms with van der Waals surface area (Å²) in [4.78, 5) is 0. The third-order valence-corrected chi connectivity index (χ3v) is 8.69. The molecule has 42 heavy (non-hydrogen) atoms. The molecule has 7 rings (SSSR count). The Morgan fingerprint density at radius 2 is 1.19 bits per heavy atom. The SMILES string of the molecule is C=Cc1ccc(COc2ccc(-c3ccc4c(c3)-c3ccccc3C4c3ccc(-c4ccc(Br)cc4)cc3)cc2)cc1. The van der Waals surface area contributed by atoms with Gasteiger partial charge in [-0.25, -0.2) is 0 Å². The van der Waals surface area contributed by atoms with Gasteiger partial charge in [0, 0.05) is 10.4 Å². The predicted octanol–water partition coefficient (Wildman–Crippen LogP) is 11.2. The summed E-state index contributed by atoms with van der Waals surface area (Å²) in [5, 5.41) is 0. The van der Waals surface area contributed by atoms with Crippen molar-refractivity contribution in [2.45, 2.75) is 12.5 Å². The number of ether oxygens (including phenoxy) is 1. The molecule has 1 aliphatic rings. The summed E-state index contributed by atoms with van der Waals surface area (Å²) in [5.74, 6) is 1.09. The average Bonchev–Trinajstić information content (AvgIpc) is 3.38. The Bertz CT molecular complexity index is 1870. The zero-order valence-corrected chi connectivity index (χ0v) is 24.7. The molecule has 0 N–H and O–H groups in total.